The van der Waals surface area contributed by atoms with Crippen LogP contribution in [0, 0.1) is 12.8 Å². The van der Waals surface area contributed by atoms with Gasteiger partial charge in [0, 0.05) is 37.3 Å². The van der Waals surface area contributed by atoms with Gasteiger partial charge in [0.2, 0.25) is 0 Å². The molecule has 134 valence electrons. The summed E-state index contributed by atoms with van der Waals surface area (Å²) in [6.07, 6.45) is 2.79. The first kappa shape index (κ1) is 16.7. The Hall–Kier alpha value is -1.71. The second-order valence-electron chi connectivity index (χ2n) is 6.68. The summed E-state index contributed by atoms with van der Waals surface area (Å²) >= 11 is 1.20. The van der Waals surface area contributed by atoms with E-state index in [-0.39, 0.29) is 12.2 Å². The van der Waals surface area contributed by atoms with E-state index >= 15 is 0 Å². The smallest absolute Gasteiger partial charge is 0.356 e. The molecule has 9 heteroatoms. The highest BCUT2D eigenvalue weighted by molar-refractivity contribution is 7.91. The predicted molar refractivity (Wildman–Crippen MR) is 92.3 cm³/mol. The van der Waals surface area contributed by atoms with Gasteiger partial charge in [-0.1, -0.05) is 0 Å². The number of rotatable bonds is 5. The van der Waals surface area contributed by atoms with Gasteiger partial charge < -0.3 is 5.11 Å². The first-order valence-electron chi connectivity index (χ1n) is 8.24. The van der Waals surface area contributed by atoms with Crippen molar-refractivity contribution in [3.8, 4) is 0 Å². The number of carboxylic acid groups (broad SMARTS) is 1. The Balaban J connectivity index is 1.70. The lowest BCUT2D eigenvalue weighted by atomic mass is 10.1. The van der Waals surface area contributed by atoms with Crippen LogP contribution in [0.15, 0.2) is 15.7 Å². The lowest BCUT2D eigenvalue weighted by Gasteiger charge is -2.26. The van der Waals surface area contributed by atoms with E-state index < -0.39 is 16.0 Å². The Bertz CT molecular complexity index is 941. The second-order valence-corrected chi connectivity index (χ2v) is 9.73. The summed E-state index contributed by atoms with van der Waals surface area (Å²) in [6, 6.07) is 1.78. The maximum Gasteiger partial charge on any atom is 0.356 e. The van der Waals surface area contributed by atoms with Gasteiger partial charge >= 0.3 is 5.97 Å². The molecule has 1 aliphatic heterocycles. The summed E-state index contributed by atoms with van der Waals surface area (Å²) in [4.78, 5) is 11.6. The van der Waals surface area contributed by atoms with Crippen molar-refractivity contribution >= 4 is 27.3 Å². The van der Waals surface area contributed by atoms with E-state index in [0.717, 1.165) is 30.6 Å². The zero-order valence-corrected chi connectivity index (χ0v) is 15.4. The molecule has 2 aromatic heterocycles. The minimum atomic E-state index is -3.61. The highest BCUT2D eigenvalue weighted by atomic mass is 32.2. The van der Waals surface area contributed by atoms with Gasteiger partial charge in [-0.25, -0.2) is 13.2 Å². The van der Waals surface area contributed by atoms with E-state index in [0.29, 0.717) is 28.7 Å². The number of aromatic nitrogens is 2. The van der Waals surface area contributed by atoms with Crippen molar-refractivity contribution in [1.29, 1.82) is 0 Å². The van der Waals surface area contributed by atoms with Gasteiger partial charge in [-0.15, -0.1) is 11.3 Å². The summed E-state index contributed by atoms with van der Waals surface area (Å²) in [5.74, 6) is -0.529. The average molecular weight is 381 g/mol. The molecule has 0 unspecified atom stereocenters. The van der Waals surface area contributed by atoms with E-state index in [1.807, 2.05) is 0 Å². The second kappa shape index (κ2) is 5.93. The number of carbonyl (C=O) groups is 1. The van der Waals surface area contributed by atoms with Crippen LogP contribution in [-0.4, -0.2) is 40.1 Å². The molecule has 0 spiro atoms. The highest BCUT2D eigenvalue weighted by Gasteiger charge is 2.36. The Morgan fingerprint density at radius 2 is 2.20 bits per heavy atom. The zero-order valence-electron chi connectivity index (χ0n) is 13.8. The molecule has 0 amide bonds. The van der Waals surface area contributed by atoms with Crippen LogP contribution in [0.3, 0.4) is 0 Å². The summed E-state index contributed by atoms with van der Waals surface area (Å²) in [7, 11) is -3.61. The van der Waals surface area contributed by atoms with Crippen molar-refractivity contribution in [2.24, 2.45) is 5.92 Å². The molecule has 1 fully saturated rings. The van der Waals surface area contributed by atoms with Gasteiger partial charge in [0.05, 0.1) is 0 Å². The maximum atomic E-state index is 12.9. The summed E-state index contributed by atoms with van der Waals surface area (Å²) in [5.41, 5.74) is 2.12. The van der Waals surface area contributed by atoms with E-state index in [2.05, 4.69) is 5.10 Å². The van der Waals surface area contributed by atoms with E-state index in [1.54, 1.807) is 23.1 Å². The van der Waals surface area contributed by atoms with Crippen LogP contribution in [0.1, 0.15) is 40.2 Å². The predicted octanol–water partition coefficient (Wildman–Crippen LogP) is 2.11. The van der Waals surface area contributed by atoms with Crippen molar-refractivity contribution in [3.63, 3.8) is 0 Å². The number of aromatic carboxylic acids is 1. The van der Waals surface area contributed by atoms with Gasteiger partial charge in [-0.05, 0) is 42.7 Å². The zero-order chi connectivity index (χ0) is 17.8. The third-order valence-corrected chi connectivity index (χ3v) is 8.33. The molecule has 1 N–H and O–H groups in total. The van der Waals surface area contributed by atoms with Crippen LogP contribution in [0.25, 0.3) is 0 Å². The molecule has 3 heterocycles. The maximum absolute atomic E-state index is 12.9. The van der Waals surface area contributed by atoms with Gasteiger partial charge in [-0.2, -0.15) is 9.40 Å². The standard InChI is InChI=1S/C16H19N3O4S2/c1-10-5-7-24-16(10)25(22,23)18-6-4-13-12(9-18)14(15(20)21)17-19(13)8-11-2-3-11/h5,7,11H,2-4,6,8-9H2,1H3,(H,20,21). The van der Waals surface area contributed by atoms with Gasteiger partial charge in [0.15, 0.2) is 5.69 Å². The molecule has 0 radical (unpaired) electrons. The number of thiophene rings is 1. The van der Waals surface area contributed by atoms with Crippen molar-refractivity contribution < 1.29 is 18.3 Å². The molecule has 1 aliphatic carbocycles. The molecule has 0 saturated heterocycles. The fourth-order valence-electron chi connectivity index (χ4n) is 3.28. The van der Waals surface area contributed by atoms with Gasteiger partial charge in [0.25, 0.3) is 10.0 Å². The molecule has 4 rings (SSSR count). The largest absolute Gasteiger partial charge is 0.476 e. The lowest BCUT2D eigenvalue weighted by Crippen LogP contribution is -2.36. The quantitative estimate of drug-likeness (QED) is 0.856. The van der Waals surface area contributed by atoms with Crippen LogP contribution in [0.5, 0.6) is 0 Å². The highest BCUT2D eigenvalue weighted by Crippen LogP contribution is 2.34. The van der Waals surface area contributed by atoms with Crippen molar-refractivity contribution in [3.05, 3.63) is 34.0 Å². The Morgan fingerprint density at radius 3 is 2.80 bits per heavy atom. The van der Waals surface area contributed by atoms with Crippen LogP contribution >= 0.6 is 11.3 Å². The summed E-state index contributed by atoms with van der Waals surface area (Å²) in [5, 5.41) is 15.5. The van der Waals surface area contributed by atoms with Crippen molar-refractivity contribution in [2.45, 2.75) is 43.5 Å². The van der Waals surface area contributed by atoms with Crippen LogP contribution < -0.4 is 0 Å². The number of hydrogen-bond acceptors (Lipinski definition) is 5. The number of aryl methyl sites for hydroxylation is 1. The number of carboxylic acids is 1. The fraction of sp³-hybridized carbons (Fsp3) is 0.500. The molecule has 7 nitrogen and oxygen atoms in total. The number of hydrogen-bond donors (Lipinski definition) is 1. The third-order valence-electron chi connectivity index (χ3n) is 4.82. The SMILES string of the molecule is Cc1ccsc1S(=O)(=O)N1CCc2c(c(C(=O)O)nn2CC2CC2)C1. The Kier molecular flexibility index (Phi) is 3.97. The molecular weight excluding hydrogens is 362 g/mol. The third kappa shape index (κ3) is 2.90. The van der Waals surface area contributed by atoms with Crippen molar-refractivity contribution in [2.75, 3.05) is 6.54 Å². The topological polar surface area (TPSA) is 92.5 Å². The number of nitrogens with zero attached hydrogens (tertiary/aromatic N) is 3. The van der Waals surface area contributed by atoms with Gasteiger partial charge in [-0.3, -0.25) is 4.68 Å². The van der Waals surface area contributed by atoms with E-state index in [1.165, 1.54) is 15.6 Å². The molecule has 1 saturated carbocycles. The van der Waals surface area contributed by atoms with Crippen LogP contribution in [-0.2, 0) is 29.5 Å². The van der Waals surface area contributed by atoms with Crippen molar-refractivity contribution in [1.82, 2.24) is 14.1 Å². The first-order chi connectivity index (χ1) is 11.9. The Labute approximate surface area is 149 Å². The molecule has 0 bridgehead atoms. The molecule has 25 heavy (non-hydrogen) atoms. The monoisotopic (exact) mass is 381 g/mol. The minimum absolute atomic E-state index is 0.0153. The number of fused-ring (bicyclic) bond motifs is 1. The lowest BCUT2D eigenvalue weighted by molar-refractivity contribution is 0.0687. The molecular formula is C16H19N3O4S2. The first-order valence-corrected chi connectivity index (χ1v) is 10.6. The van der Waals surface area contributed by atoms with Crippen LogP contribution in [0.4, 0.5) is 0 Å². The summed E-state index contributed by atoms with van der Waals surface area (Å²) in [6.45, 7) is 2.92. The molecule has 2 aromatic rings. The fourth-order valence-corrected chi connectivity index (χ4v) is 6.24. The molecule has 0 atom stereocenters. The van der Waals surface area contributed by atoms with E-state index in [4.69, 9.17) is 0 Å². The van der Waals surface area contributed by atoms with E-state index in [9.17, 15) is 18.3 Å². The Morgan fingerprint density at radius 1 is 1.44 bits per heavy atom. The van der Waals surface area contributed by atoms with Gasteiger partial charge in [0.1, 0.15) is 4.21 Å². The average Bonchev–Trinajstić information content (AvgIpc) is 3.15. The molecule has 0 aromatic carbocycles. The number of sulfonamides is 1. The normalized spacial score (nSPS) is 18.3. The summed E-state index contributed by atoms with van der Waals surface area (Å²) < 4.78 is 29.3. The van der Waals surface area contributed by atoms with Crippen LogP contribution in [0.2, 0.25) is 0 Å². The molecule has 2 aliphatic rings. The minimum Gasteiger partial charge on any atom is -0.476 e.